The van der Waals surface area contributed by atoms with Crippen molar-refractivity contribution in [3.63, 3.8) is 0 Å². The van der Waals surface area contributed by atoms with Crippen molar-refractivity contribution in [1.82, 2.24) is 5.16 Å². The van der Waals surface area contributed by atoms with E-state index in [0.29, 0.717) is 6.54 Å². The number of hydrogen-bond donors (Lipinski definition) is 1. The minimum absolute atomic E-state index is 0.513. The van der Waals surface area contributed by atoms with Crippen LogP contribution in [-0.2, 0) is 19.4 Å². The molecule has 1 aromatic heterocycles. The quantitative estimate of drug-likeness (QED) is 0.716. The molecular formula is C10H16N2O. The van der Waals surface area contributed by atoms with Crippen LogP contribution in [0, 0.1) is 0 Å². The minimum atomic E-state index is 0.513. The number of hydrogen-bond acceptors (Lipinski definition) is 3. The van der Waals surface area contributed by atoms with Gasteiger partial charge in [0.25, 0.3) is 0 Å². The van der Waals surface area contributed by atoms with Gasteiger partial charge in [-0.05, 0) is 19.3 Å². The van der Waals surface area contributed by atoms with Gasteiger partial charge in [0.2, 0.25) is 0 Å². The molecule has 0 atom stereocenters. The Bertz CT molecular complexity index is 280. The molecule has 0 bridgehead atoms. The molecule has 1 aliphatic carbocycles. The molecule has 3 nitrogen and oxygen atoms in total. The van der Waals surface area contributed by atoms with E-state index in [1.54, 1.807) is 0 Å². The Morgan fingerprint density at radius 1 is 1.15 bits per heavy atom. The highest BCUT2D eigenvalue weighted by molar-refractivity contribution is 5.23. The lowest BCUT2D eigenvalue weighted by Crippen LogP contribution is -2.03. The van der Waals surface area contributed by atoms with E-state index in [2.05, 4.69) is 5.16 Å². The van der Waals surface area contributed by atoms with Crippen LogP contribution in [0.3, 0.4) is 0 Å². The largest absolute Gasteiger partial charge is 0.361 e. The van der Waals surface area contributed by atoms with Crippen LogP contribution < -0.4 is 5.73 Å². The van der Waals surface area contributed by atoms with Crippen LogP contribution in [0.2, 0.25) is 0 Å². The Kier molecular flexibility index (Phi) is 2.64. The second kappa shape index (κ2) is 3.92. The Labute approximate surface area is 78.3 Å². The first-order chi connectivity index (χ1) is 6.42. The fourth-order valence-corrected chi connectivity index (χ4v) is 1.96. The maximum atomic E-state index is 5.59. The lowest BCUT2D eigenvalue weighted by atomic mass is 9.97. The molecule has 0 amide bonds. The summed E-state index contributed by atoms with van der Waals surface area (Å²) in [6.07, 6.45) is 7.27. The van der Waals surface area contributed by atoms with Gasteiger partial charge in [0.15, 0.2) is 0 Å². The van der Waals surface area contributed by atoms with Gasteiger partial charge in [-0.3, -0.25) is 0 Å². The van der Waals surface area contributed by atoms with Crippen LogP contribution in [0.5, 0.6) is 0 Å². The van der Waals surface area contributed by atoms with Gasteiger partial charge in [-0.25, -0.2) is 0 Å². The lowest BCUT2D eigenvalue weighted by Gasteiger charge is -2.07. The monoisotopic (exact) mass is 180 g/mol. The molecule has 13 heavy (non-hydrogen) atoms. The zero-order chi connectivity index (χ0) is 9.10. The molecule has 2 rings (SSSR count). The van der Waals surface area contributed by atoms with Crippen LogP contribution in [-0.4, -0.2) is 5.16 Å². The standard InChI is InChI=1S/C10H16N2O/c11-7-9-8-5-3-1-2-4-6-10(8)13-12-9/h1-7,11H2. The van der Waals surface area contributed by atoms with Crippen molar-refractivity contribution >= 4 is 0 Å². The normalized spacial score (nSPS) is 17.6. The van der Waals surface area contributed by atoms with Gasteiger partial charge in [-0.1, -0.05) is 18.0 Å². The summed E-state index contributed by atoms with van der Waals surface area (Å²) in [4.78, 5) is 0. The van der Waals surface area contributed by atoms with Gasteiger partial charge in [-0.2, -0.15) is 0 Å². The number of rotatable bonds is 1. The molecule has 0 unspecified atom stereocenters. The van der Waals surface area contributed by atoms with Crippen LogP contribution in [0.25, 0.3) is 0 Å². The number of nitrogens with zero attached hydrogens (tertiary/aromatic N) is 1. The van der Waals surface area contributed by atoms with Crippen molar-refractivity contribution in [2.24, 2.45) is 5.73 Å². The first-order valence-electron chi connectivity index (χ1n) is 5.08. The molecule has 72 valence electrons. The average molecular weight is 180 g/mol. The van der Waals surface area contributed by atoms with Crippen LogP contribution >= 0.6 is 0 Å². The number of nitrogens with two attached hydrogens (primary N) is 1. The average Bonchev–Trinajstić information content (AvgIpc) is 2.46. The van der Waals surface area contributed by atoms with Gasteiger partial charge in [0.05, 0.1) is 0 Å². The molecule has 1 aliphatic rings. The van der Waals surface area contributed by atoms with Crippen molar-refractivity contribution in [2.75, 3.05) is 0 Å². The highest BCUT2D eigenvalue weighted by atomic mass is 16.5. The molecule has 3 heteroatoms. The van der Waals surface area contributed by atoms with Crippen molar-refractivity contribution in [2.45, 2.75) is 45.1 Å². The predicted molar refractivity (Wildman–Crippen MR) is 50.3 cm³/mol. The highest BCUT2D eigenvalue weighted by Crippen LogP contribution is 2.22. The molecule has 1 aromatic rings. The van der Waals surface area contributed by atoms with Gasteiger partial charge in [-0.15, -0.1) is 0 Å². The van der Waals surface area contributed by atoms with Gasteiger partial charge < -0.3 is 10.3 Å². The predicted octanol–water partition coefficient (Wildman–Crippen LogP) is 1.79. The molecule has 1 heterocycles. The SMILES string of the molecule is NCc1noc2c1CCCCCC2. The molecule has 0 fully saturated rings. The molecule has 0 saturated carbocycles. The molecule has 2 N–H and O–H groups in total. The van der Waals surface area contributed by atoms with Gasteiger partial charge in [0, 0.05) is 18.5 Å². The summed E-state index contributed by atoms with van der Waals surface area (Å²) in [5.74, 6) is 1.08. The summed E-state index contributed by atoms with van der Waals surface area (Å²) in [5.41, 5.74) is 7.85. The van der Waals surface area contributed by atoms with E-state index >= 15 is 0 Å². The van der Waals surface area contributed by atoms with E-state index in [0.717, 1.165) is 24.3 Å². The number of aryl methyl sites for hydroxylation is 1. The third kappa shape index (κ3) is 1.75. The number of aromatic nitrogens is 1. The number of fused-ring (bicyclic) bond motifs is 1. The molecule has 0 saturated heterocycles. The molecule has 0 aromatic carbocycles. The Hall–Kier alpha value is -0.830. The molecular weight excluding hydrogens is 164 g/mol. The Morgan fingerprint density at radius 3 is 2.69 bits per heavy atom. The van der Waals surface area contributed by atoms with Crippen molar-refractivity contribution in [3.05, 3.63) is 17.0 Å². The van der Waals surface area contributed by atoms with E-state index in [-0.39, 0.29) is 0 Å². The van der Waals surface area contributed by atoms with E-state index in [4.69, 9.17) is 10.3 Å². The van der Waals surface area contributed by atoms with Crippen molar-refractivity contribution in [1.29, 1.82) is 0 Å². The van der Waals surface area contributed by atoms with Crippen molar-refractivity contribution < 1.29 is 4.52 Å². The van der Waals surface area contributed by atoms with Crippen LogP contribution in [0.1, 0.15) is 42.7 Å². The first kappa shape index (κ1) is 8.75. The van der Waals surface area contributed by atoms with E-state index < -0.39 is 0 Å². The Morgan fingerprint density at radius 2 is 1.92 bits per heavy atom. The summed E-state index contributed by atoms with van der Waals surface area (Å²) in [6.45, 7) is 0.513. The third-order valence-corrected chi connectivity index (χ3v) is 2.72. The maximum absolute atomic E-state index is 5.59. The topological polar surface area (TPSA) is 52.0 Å². The summed E-state index contributed by atoms with van der Waals surface area (Å²) in [6, 6.07) is 0. The lowest BCUT2D eigenvalue weighted by molar-refractivity contribution is 0.369. The smallest absolute Gasteiger partial charge is 0.140 e. The fraction of sp³-hybridized carbons (Fsp3) is 0.700. The summed E-state index contributed by atoms with van der Waals surface area (Å²) >= 11 is 0. The summed E-state index contributed by atoms with van der Waals surface area (Å²) in [7, 11) is 0. The van der Waals surface area contributed by atoms with Crippen molar-refractivity contribution in [3.8, 4) is 0 Å². The van der Waals surface area contributed by atoms with E-state index in [1.165, 1.54) is 31.2 Å². The first-order valence-corrected chi connectivity index (χ1v) is 5.08. The van der Waals surface area contributed by atoms with Gasteiger partial charge >= 0.3 is 0 Å². The third-order valence-electron chi connectivity index (χ3n) is 2.72. The Balaban J connectivity index is 2.25. The molecule has 0 spiro atoms. The van der Waals surface area contributed by atoms with Crippen LogP contribution in [0.15, 0.2) is 4.52 Å². The summed E-state index contributed by atoms with van der Waals surface area (Å²) in [5, 5.41) is 4.00. The van der Waals surface area contributed by atoms with E-state index in [9.17, 15) is 0 Å². The highest BCUT2D eigenvalue weighted by Gasteiger charge is 2.15. The van der Waals surface area contributed by atoms with E-state index in [1.807, 2.05) is 0 Å². The molecule has 0 aliphatic heterocycles. The second-order valence-electron chi connectivity index (χ2n) is 3.65. The maximum Gasteiger partial charge on any atom is 0.140 e. The zero-order valence-electron chi connectivity index (χ0n) is 7.88. The zero-order valence-corrected chi connectivity index (χ0v) is 7.88. The molecule has 0 radical (unpaired) electrons. The van der Waals surface area contributed by atoms with Gasteiger partial charge in [0.1, 0.15) is 11.5 Å². The van der Waals surface area contributed by atoms with Crippen LogP contribution in [0.4, 0.5) is 0 Å². The fourth-order valence-electron chi connectivity index (χ4n) is 1.96. The minimum Gasteiger partial charge on any atom is -0.361 e. The summed E-state index contributed by atoms with van der Waals surface area (Å²) < 4.78 is 5.28. The second-order valence-corrected chi connectivity index (χ2v) is 3.65.